The molecule has 0 saturated carbocycles. The van der Waals surface area contributed by atoms with Crippen molar-refractivity contribution in [3.63, 3.8) is 0 Å². The Balaban J connectivity index is 1.66. The number of nitrogens with zero attached hydrogens (tertiary/aromatic N) is 1. The first-order valence-electron chi connectivity index (χ1n) is 8.49. The SMILES string of the molecule is C[C@@H](OC(=O)c1cccc(C(F)(F)F)c1)C(=O)N1CCc2ccccc2C1. The van der Waals surface area contributed by atoms with Crippen LogP contribution in [0.1, 0.15) is 34.0 Å². The number of halogens is 3. The number of benzene rings is 2. The minimum atomic E-state index is -4.56. The molecule has 0 N–H and O–H groups in total. The molecule has 1 aliphatic heterocycles. The second-order valence-electron chi connectivity index (χ2n) is 6.40. The average Bonchev–Trinajstić information content (AvgIpc) is 2.66. The smallest absolute Gasteiger partial charge is 0.416 e. The van der Waals surface area contributed by atoms with Crippen LogP contribution >= 0.6 is 0 Å². The fourth-order valence-corrected chi connectivity index (χ4v) is 3.04. The third kappa shape index (κ3) is 4.30. The van der Waals surface area contributed by atoms with E-state index in [4.69, 9.17) is 4.74 Å². The molecule has 0 unspecified atom stereocenters. The summed E-state index contributed by atoms with van der Waals surface area (Å²) < 4.78 is 43.4. The van der Waals surface area contributed by atoms with Gasteiger partial charge in [0.25, 0.3) is 5.91 Å². The van der Waals surface area contributed by atoms with E-state index in [1.807, 2.05) is 24.3 Å². The highest BCUT2D eigenvalue weighted by atomic mass is 19.4. The van der Waals surface area contributed by atoms with Gasteiger partial charge < -0.3 is 9.64 Å². The summed E-state index contributed by atoms with van der Waals surface area (Å²) >= 11 is 0. The zero-order valence-corrected chi connectivity index (χ0v) is 14.6. The maximum atomic E-state index is 12.8. The number of rotatable bonds is 3. The number of amides is 1. The summed E-state index contributed by atoms with van der Waals surface area (Å²) in [5.74, 6) is -1.33. The van der Waals surface area contributed by atoms with Gasteiger partial charge in [-0.15, -0.1) is 0 Å². The summed E-state index contributed by atoms with van der Waals surface area (Å²) in [6, 6.07) is 11.7. The Morgan fingerprint density at radius 3 is 2.48 bits per heavy atom. The molecule has 27 heavy (non-hydrogen) atoms. The molecule has 0 spiro atoms. The molecular weight excluding hydrogens is 359 g/mol. The van der Waals surface area contributed by atoms with E-state index >= 15 is 0 Å². The molecule has 142 valence electrons. The second kappa shape index (κ2) is 7.42. The Morgan fingerprint density at radius 2 is 1.78 bits per heavy atom. The van der Waals surface area contributed by atoms with Crippen molar-refractivity contribution >= 4 is 11.9 Å². The lowest BCUT2D eigenvalue weighted by molar-refractivity contribution is -0.141. The average molecular weight is 377 g/mol. The Hall–Kier alpha value is -2.83. The predicted molar refractivity (Wildman–Crippen MR) is 91.9 cm³/mol. The molecule has 3 rings (SSSR count). The first-order valence-corrected chi connectivity index (χ1v) is 8.49. The number of hydrogen-bond donors (Lipinski definition) is 0. The topological polar surface area (TPSA) is 46.6 Å². The molecule has 0 bridgehead atoms. The quantitative estimate of drug-likeness (QED) is 0.764. The summed E-state index contributed by atoms with van der Waals surface area (Å²) in [5.41, 5.74) is 1.03. The summed E-state index contributed by atoms with van der Waals surface area (Å²) in [6.07, 6.45) is -4.94. The van der Waals surface area contributed by atoms with Crippen LogP contribution in [0, 0.1) is 0 Å². The first kappa shape index (κ1) is 18.9. The molecule has 0 fully saturated rings. The van der Waals surface area contributed by atoms with E-state index < -0.39 is 23.8 Å². The lowest BCUT2D eigenvalue weighted by Crippen LogP contribution is -2.42. The second-order valence-corrected chi connectivity index (χ2v) is 6.40. The third-order valence-corrected chi connectivity index (χ3v) is 4.50. The van der Waals surface area contributed by atoms with Gasteiger partial charge in [-0.1, -0.05) is 30.3 Å². The predicted octanol–water partition coefficient (Wildman–Crippen LogP) is 3.84. The van der Waals surface area contributed by atoms with Crippen LogP contribution in [0.15, 0.2) is 48.5 Å². The minimum Gasteiger partial charge on any atom is -0.449 e. The summed E-state index contributed by atoms with van der Waals surface area (Å²) in [4.78, 5) is 26.3. The Bertz CT molecular complexity index is 864. The molecule has 7 heteroatoms. The largest absolute Gasteiger partial charge is 0.449 e. The van der Waals surface area contributed by atoms with Crippen molar-refractivity contribution in [2.24, 2.45) is 0 Å². The fourth-order valence-electron chi connectivity index (χ4n) is 3.04. The van der Waals surface area contributed by atoms with Crippen molar-refractivity contribution in [2.75, 3.05) is 6.54 Å². The van der Waals surface area contributed by atoms with Gasteiger partial charge in [0.15, 0.2) is 6.10 Å². The van der Waals surface area contributed by atoms with Gasteiger partial charge in [-0.3, -0.25) is 4.79 Å². The van der Waals surface area contributed by atoms with E-state index in [-0.39, 0.29) is 11.5 Å². The zero-order chi connectivity index (χ0) is 19.6. The standard InChI is InChI=1S/C20H18F3NO3/c1-13(18(25)24-10-9-14-5-2-3-6-16(14)12-24)27-19(26)15-7-4-8-17(11-15)20(21,22)23/h2-8,11,13H,9-10,12H2,1H3/t13-/m1/s1. The van der Waals surface area contributed by atoms with Crippen LogP contribution in [0.25, 0.3) is 0 Å². The van der Waals surface area contributed by atoms with Crippen LogP contribution in [-0.4, -0.2) is 29.4 Å². The lowest BCUT2D eigenvalue weighted by atomic mass is 9.99. The summed E-state index contributed by atoms with van der Waals surface area (Å²) in [6.45, 7) is 2.34. The van der Waals surface area contributed by atoms with E-state index in [0.717, 1.165) is 23.8 Å². The number of fused-ring (bicyclic) bond motifs is 1. The molecule has 2 aromatic carbocycles. The monoisotopic (exact) mass is 377 g/mol. The van der Waals surface area contributed by atoms with E-state index in [9.17, 15) is 22.8 Å². The Kier molecular flexibility index (Phi) is 5.21. The molecule has 2 aromatic rings. The van der Waals surface area contributed by atoms with Crippen molar-refractivity contribution in [1.29, 1.82) is 0 Å². The first-order chi connectivity index (χ1) is 12.8. The molecule has 1 heterocycles. The molecule has 0 saturated heterocycles. The maximum Gasteiger partial charge on any atom is 0.416 e. The van der Waals surface area contributed by atoms with Crippen LogP contribution in [0.5, 0.6) is 0 Å². The van der Waals surface area contributed by atoms with Gasteiger partial charge in [0, 0.05) is 13.1 Å². The van der Waals surface area contributed by atoms with E-state index in [0.29, 0.717) is 19.5 Å². The van der Waals surface area contributed by atoms with Gasteiger partial charge in [-0.25, -0.2) is 4.79 Å². The van der Waals surface area contributed by atoms with Crippen molar-refractivity contribution < 1.29 is 27.5 Å². The van der Waals surface area contributed by atoms with Crippen molar-refractivity contribution in [3.05, 3.63) is 70.8 Å². The number of carbonyl (C=O) groups is 2. The van der Waals surface area contributed by atoms with Crippen LogP contribution < -0.4 is 0 Å². The number of esters is 1. The molecule has 0 radical (unpaired) electrons. The minimum absolute atomic E-state index is 0.242. The highest BCUT2D eigenvalue weighted by Gasteiger charge is 2.32. The lowest BCUT2D eigenvalue weighted by Gasteiger charge is -2.30. The van der Waals surface area contributed by atoms with Gasteiger partial charge >= 0.3 is 12.1 Å². The fraction of sp³-hybridized carbons (Fsp3) is 0.300. The molecule has 1 aliphatic rings. The molecule has 0 aromatic heterocycles. The molecule has 4 nitrogen and oxygen atoms in total. The van der Waals surface area contributed by atoms with Crippen LogP contribution in [-0.2, 0) is 28.7 Å². The molecular formula is C20H18F3NO3. The summed E-state index contributed by atoms with van der Waals surface area (Å²) in [5, 5.41) is 0. The molecule has 0 aliphatic carbocycles. The van der Waals surface area contributed by atoms with Crippen LogP contribution in [0.2, 0.25) is 0 Å². The van der Waals surface area contributed by atoms with Crippen molar-refractivity contribution in [3.8, 4) is 0 Å². The van der Waals surface area contributed by atoms with Crippen LogP contribution in [0.4, 0.5) is 13.2 Å². The van der Waals surface area contributed by atoms with Crippen LogP contribution in [0.3, 0.4) is 0 Å². The van der Waals surface area contributed by atoms with Gasteiger partial charge in [0.2, 0.25) is 0 Å². The van der Waals surface area contributed by atoms with Crippen molar-refractivity contribution in [1.82, 2.24) is 4.90 Å². The maximum absolute atomic E-state index is 12.8. The number of alkyl halides is 3. The normalized spacial score (nSPS) is 15.0. The Morgan fingerprint density at radius 1 is 1.07 bits per heavy atom. The van der Waals surface area contributed by atoms with E-state index in [1.165, 1.54) is 18.6 Å². The van der Waals surface area contributed by atoms with E-state index in [1.54, 1.807) is 4.90 Å². The van der Waals surface area contributed by atoms with Gasteiger partial charge in [0.1, 0.15) is 0 Å². The summed E-state index contributed by atoms with van der Waals surface area (Å²) in [7, 11) is 0. The number of carbonyl (C=O) groups excluding carboxylic acids is 2. The van der Waals surface area contributed by atoms with Gasteiger partial charge in [0.05, 0.1) is 11.1 Å². The van der Waals surface area contributed by atoms with Crippen molar-refractivity contribution in [2.45, 2.75) is 32.2 Å². The Labute approximate surface area is 154 Å². The number of hydrogen-bond acceptors (Lipinski definition) is 3. The molecule has 1 amide bonds. The number of ether oxygens (including phenoxy) is 1. The van der Waals surface area contributed by atoms with E-state index in [2.05, 4.69) is 0 Å². The van der Waals surface area contributed by atoms with Gasteiger partial charge in [-0.2, -0.15) is 13.2 Å². The highest BCUT2D eigenvalue weighted by Crippen LogP contribution is 2.29. The highest BCUT2D eigenvalue weighted by molar-refractivity contribution is 5.92. The zero-order valence-electron chi connectivity index (χ0n) is 14.6. The van der Waals surface area contributed by atoms with Gasteiger partial charge in [-0.05, 0) is 42.7 Å². The molecule has 1 atom stereocenters. The third-order valence-electron chi connectivity index (χ3n) is 4.50.